The van der Waals surface area contributed by atoms with Gasteiger partial charge in [-0.3, -0.25) is 14.5 Å². The molecule has 0 spiro atoms. The van der Waals surface area contributed by atoms with E-state index in [1.165, 1.54) is 38.3 Å². The summed E-state index contributed by atoms with van der Waals surface area (Å²) < 4.78 is 4.66. The van der Waals surface area contributed by atoms with E-state index in [1.807, 2.05) is 0 Å². The highest BCUT2D eigenvalue weighted by Crippen LogP contribution is 2.43. The highest BCUT2D eigenvalue weighted by molar-refractivity contribution is 6.19. The SMILES string of the molecule is COC(=O)c1cccc(C2(O)C(=O)c3ccccc3N2C(C)=O)c1. The van der Waals surface area contributed by atoms with Gasteiger partial charge in [0.1, 0.15) is 0 Å². The zero-order valence-electron chi connectivity index (χ0n) is 13.1. The van der Waals surface area contributed by atoms with Gasteiger partial charge in [-0.15, -0.1) is 0 Å². The smallest absolute Gasteiger partial charge is 0.337 e. The van der Waals surface area contributed by atoms with Crippen molar-refractivity contribution in [1.29, 1.82) is 0 Å². The van der Waals surface area contributed by atoms with Crippen LogP contribution in [0.1, 0.15) is 33.2 Å². The molecule has 1 aliphatic heterocycles. The van der Waals surface area contributed by atoms with E-state index in [0.29, 0.717) is 5.69 Å². The van der Waals surface area contributed by atoms with E-state index >= 15 is 0 Å². The lowest BCUT2D eigenvalue weighted by atomic mass is 9.95. The molecule has 1 heterocycles. The highest BCUT2D eigenvalue weighted by Gasteiger charge is 2.53. The van der Waals surface area contributed by atoms with E-state index in [0.717, 1.165) is 4.90 Å². The molecule has 6 nitrogen and oxygen atoms in total. The quantitative estimate of drug-likeness (QED) is 0.852. The van der Waals surface area contributed by atoms with Crippen molar-refractivity contribution in [2.75, 3.05) is 12.0 Å². The number of esters is 1. The van der Waals surface area contributed by atoms with Gasteiger partial charge in [0.2, 0.25) is 17.4 Å². The van der Waals surface area contributed by atoms with Crippen molar-refractivity contribution in [3.8, 4) is 0 Å². The van der Waals surface area contributed by atoms with Crippen LogP contribution in [0.25, 0.3) is 0 Å². The number of nitrogens with zero attached hydrogens (tertiary/aromatic N) is 1. The summed E-state index contributed by atoms with van der Waals surface area (Å²) in [5, 5.41) is 11.2. The Morgan fingerprint density at radius 2 is 1.83 bits per heavy atom. The van der Waals surface area contributed by atoms with Gasteiger partial charge >= 0.3 is 5.97 Å². The summed E-state index contributed by atoms with van der Waals surface area (Å²) in [5.41, 5.74) is -1.31. The van der Waals surface area contributed by atoms with Crippen molar-refractivity contribution in [1.82, 2.24) is 0 Å². The number of hydrogen-bond acceptors (Lipinski definition) is 5. The molecule has 0 radical (unpaired) electrons. The number of carbonyl (C=O) groups is 3. The first kappa shape index (κ1) is 15.9. The van der Waals surface area contributed by atoms with Gasteiger partial charge < -0.3 is 9.84 Å². The van der Waals surface area contributed by atoms with E-state index < -0.39 is 23.4 Å². The van der Waals surface area contributed by atoms with Crippen LogP contribution in [0.5, 0.6) is 0 Å². The van der Waals surface area contributed by atoms with Crippen molar-refractivity contribution >= 4 is 23.3 Å². The standard InChI is InChI=1S/C18H15NO5/c1-11(20)19-15-9-4-3-8-14(15)16(21)18(19,23)13-7-5-6-12(10-13)17(22)24-2/h3-10,23H,1-2H3. The maximum Gasteiger partial charge on any atom is 0.337 e. The average molecular weight is 325 g/mol. The molecule has 0 saturated carbocycles. The van der Waals surface area contributed by atoms with Gasteiger partial charge in [-0.25, -0.2) is 4.79 Å². The van der Waals surface area contributed by atoms with Gasteiger partial charge in [0.05, 0.1) is 18.4 Å². The molecule has 2 aromatic rings. The van der Waals surface area contributed by atoms with Gasteiger partial charge in [0, 0.05) is 18.1 Å². The van der Waals surface area contributed by atoms with Crippen LogP contribution >= 0.6 is 0 Å². The van der Waals surface area contributed by atoms with Crippen molar-refractivity contribution in [2.24, 2.45) is 0 Å². The Morgan fingerprint density at radius 1 is 1.12 bits per heavy atom. The number of fused-ring (bicyclic) bond motifs is 1. The monoisotopic (exact) mass is 325 g/mol. The maximum absolute atomic E-state index is 12.8. The van der Waals surface area contributed by atoms with Crippen molar-refractivity contribution < 1.29 is 24.2 Å². The molecule has 122 valence electrons. The Labute approximate surface area is 138 Å². The number of benzene rings is 2. The molecule has 0 aromatic heterocycles. The minimum absolute atomic E-state index is 0.127. The summed E-state index contributed by atoms with van der Waals surface area (Å²) in [7, 11) is 1.24. The summed E-state index contributed by atoms with van der Waals surface area (Å²) in [4.78, 5) is 37.7. The molecule has 0 saturated heterocycles. The largest absolute Gasteiger partial charge is 0.465 e. The number of anilines is 1. The first-order valence-electron chi connectivity index (χ1n) is 7.27. The second-order valence-corrected chi connectivity index (χ2v) is 5.45. The molecular weight excluding hydrogens is 310 g/mol. The minimum Gasteiger partial charge on any atom is -0.465 e. The second-order valence-electron chi connectivity index (χ2n) is 5.45. The molecule has 0 aliphatic carbocycles. The summed E-state index contributed by atoms with van der Waals surface area (Å²) in [6.45, 7) is 1.27. The molecule has 1 amide bonds. The van der Waals surface area contributed by atoms with Crippen LogP contribution in [-0.2, 0) is 15.3 Å². The Hall–Kier alpha value is -2.99. The fraction of sp³-hybridized carbons (Fsp3) is 0.167. The van der Waals surface area contributed by atoms with Crippen LogP contribution in [0.2, 0.25) is 0 Å². The number of amides is 1. The van der Waals surface area contributed by atoms with Gasteiger partial charge in [-0.2, -0.15) is 0 Å². The Morgan fingerprint density at radius 3 is 2.50 bits per heavy atom. The number of ketones is 1. The molecule has 6 heteroatoms. The molecule has 24 heavy (non-hydrogen) atoms. The van der Waals surface area contributed by atoms with Gasteiger partial charge in [0.25, 0.3) is 0 Å². The average Bonchev–Trinajstić information content (AvgIpc) is 2.83. The molecule has 0 bridgehead atoms. The lowest BCUT2D eigenvalue weighted by Gasteiger charge is -2.32. The van der Waals surface area contributed by atoms with Crippen molar-refractivity contribution in [2.45, 2.75) is 12.6 Å². The third-order valence-corrected chi connectivity index (χ3v) is 4.03. The Balaban J connectivity index is 2.21. The number of aliphatic hydroxyl groups is 1. The second kappa shape index (κ2) is 5.58. The molecule has 0 fully saturated rings. The third-order valence-electron chi connectivity index (χ3n) is 4.03. The predicted octanol–water partition coefficient (Wildman–Crippen LogP) is 1.87. The fourth-order valence-corrected chi connectivity index (χ4v) is 2.96. The topological polar surface area (TPSA) is 83.9 Å². The number of hydrogen-bond donors (Lipinski definition) is 1. The molecular formula is C18H15NO5. The lowest BCUT2D eigenvalue weighted by Crippen LogP contribution is -2.50. The summed E-state index contributed by atoms with van der Waals surface area (Å²) in [5.74, 6) is -1.70. The van der Waals surface area contributed by atoms with Gasteiger partial charge in [-0.05, 0) is 24.3 Å². The Bertz CT molecular complexity index is 860. The molecule has 1 N–H and O–H groups in total. The Kier molecular flexibility index (Phi) is 3.69. The van der Waals surface area contributed by atoms with E-state index in [2.05, 4.69) is 4.74 Å². The summed E-state index contributed by atoms with van der Waals surface area (Å²) in [6.07, 6.45) is 0. The summed E-state index contributed by atoms with van der Waals surface area (Å²) >= 11 is 0. The number of methoxy groups -OCH3 is 1. The predicted molar refractivity (Wildman–Crippen MR) is 85.6 cm³/mol. The molecule has 1 aliphatic rings. The van der Waals surface area contributed by atoms with Crippen LogP contribution in [0, 0.1) is 0 Å². The molecule has 2 aromatic carbocycles. The van der Waals surface area contributed by atoms with Crippen LogP contribution in [0.15, 0.2) is 48.5 Å². The summed E-state index contributed by atoms with van der Waals surface area (Å²) in [6, 6.07) is 12.4. The number of rotatable bonds is 2. The van der Waals surface area contributed by atoms with Crippen LogP contribution in [-0.4, -0.2) is 29.9 Å². The third kappa shape index (κ3) is 2.11. The van der Waals surface area contributed by atoms with Gasteiger partial charge in [-0.1, -0.05) is 24.3 Å². The van der Waals surface area contributed by atoms with E-state index in [9.17, 15) is 19.5 Å². The van der Waals surface area contributed by atoms with Crippen molar-refractivity contribution in [3.05, 3.63) is 65.2 Å². The highest BCUT2D eigenvalue weighted by atomic mass is 16.5. The van der Waals surface area contributed by atoms with E-state index in [-0.39, 0.29) is 16.7 Å². The zero-order chi connectivity index (χ0) is 17.5. The fourth-order valence-electron chi connectivity index (χ4n) is 2.96. The normalized spacial score (nSPS) is 19.1. The van der Waals surface area contributed by atoms with Crippen LogP contribution in [0.3, 0.4) is 0 Å². The first-order valence-corrected chi connectivity index (χ1v) is 7.27. The molecule has 3 rings (SSSR count). The van der Waals surface area contributed by atoms with E-state index in [4.69, 9.17) is 0 Å². The zero-order valence-corrected chi connectivity index (χ0v) is 13.1. The molecule has 1 unspecified atom stereocenters. The number of Topliss-reactive ketones (excluding diaryl/α,β-unsaturated/α-hetero) is 1. The van der Waals surface area contributed by atoms with Crippen molar-refractivity contribution in [3.63, 3.8) is 0 Å². The first-order chi connectivity index (χ1) is 11.4. The minimum atomic E-state index is -2.19. The van der Waals surface area contributed by atoms with E-state index in [1.54, 1.807) is 24.3 Å². The number of carbonyl (C=O) groups excluding carboxylic acids is 3. The lowest BCUT2D eigenvalue weighted by molar-refractivity contribution is -0.120. The van der Waals surface area contributed by atoms with Crippen LogP contribution in [0.4, 0.5) is 5.69 Å². The maximum atomic E-state index is 12.8. The molecule has 1 atom stereocenters. The van der Waals surface area contributed by atoms with Crippen LogP contribution < -0.4 is 4.90 Å². The number of ether oxygens (including phenoxy) is 1. The number of para-hydroxylation sites is 1. The van der Waals surface area contributed by atoms with Gasteiger partial charge in [0.15, 0.2) is 0 Å².